The third kappa shape index (κ3) is 3.09. The van der Waals surface area contributed by atoms with Crippen molar-refractivity contribution in [3.8, 4) is 0 Å². The van der Waals surface area contributed by atoms with Gasteiger partial charge in [-0.3, -0.25) is 4.72 Å². The Morgan fingerprint density at radius 2 is 2.12 bits per heavy atom. The lowest BCUT2D eigenvalue weighted by Gasteiger charge is -2.09. The van der Waals surface area contributed by atoms with Gasteiger partial charge in [-0.05, 0) is 36.8 Å². The maximum Gasteiger partial charge on any atom is 0.264 e. The molecule has 0 saturated heterocycles. The van der Waals surface area contributed by atoms with E-state index in [1.165, 1.54) is 12.3 Å². The van der Waals surface area contributed by atoms with Crippen molar-refractivity contribution in [1.82, 2.24) is 9.55 Å². The van der Waals surface area contributed by atoms with Gasteiger partial charge in [0.05, 0.1) is 10.7 Å². The summed E-state index contributed by atoms with van der Waals surface area (Å²) in [5.74, 6) is -0.577. The van der Waals surface area contributed by atoms with Gasteiger partial charge in [-0.1, -0.05) is 18.5 Å². The summed E-state index contributed by atoms with van der Waals surface area (Å²) >= 11 is 5.95. The van der Waals surface area contributed by atoms with Gasteiger partial charge in [-0.2, -0.15) is 0 Å². The number of halogens is 2. The summed E-state index contributed by atoms with van der Waals surface area (Å²) in [6.45, 7) is 2.64. The van der Waals surface area contributed by atoms with Crippen LogP contribution in [0, 0.1) is 5.82 Å². The largest absolute Gasteiger partial charge is 0.331 e. The standard InChI is InChI=1S/C16H15ClFN3O2S/c1-2-8-21-10-15(12-4-3-7-19-16(12)21)24(22,23)20-14-9-11(18)5-6-13(14)17/h3-7,9-10,20H,2,8H2,1H3. The highest BCUT2D eigenvalue weighted by atomic mass is 35.5. The second-order valence-electron chi connectivity index (χ2n) is 5.29. The van der Waals surface area contributed by atoms with Gasteiger partial charge >= 0.3 is 0 Å². The Hall–Kier alpha value is -2.12. The first-order chi connectivity index (χ1) is 11.4. The molecule has 1 N–H and O–H groups in total. The monoisotopic (exact) mass is 367 g/mol. The summed E-state index contributed by atoms with van der Waals surface area (Å²) in [7, 11) is -3.94. The van der Waals surface area contributed by atoms with E-state index in [1.807, 2.05) is 6.92 Å². The number of nitrogens with zero attached hydrogens (tertiary/aromatic N) is 2. The van der Waals surface area contributed by atoms with Crippen molar-refractivity contribution in [1.29, 1.82) is 0 Å². The molecule has 3 aromatic rings. The number of pyridine rings is 1. The number of benzene rings is 1. The number of anilines is 1. The second-order valence-corrected chi connectivity index (χ2v) is 7.35. The van der Waals surface area contributed by atoms with Gasteiger partial charge in [0.1, 0.15) is 16.4 Å². The Labute approximate surface area is 144 Å². The van der Waals surface area contributed by atoms with Crippen molar-refractivity contribution in [2.24, 2.45) is 0 Å². The lowest BCUT2D eigenvalue weighted by Crippen LogP contribution is -2.13. The van der Waals surface area contributed by atoms with Gasteiger partial charge in [0.15, 0.2) is 0 Å². The number of sulfonamides is 1. The van der Waals surface area contributed by atoms with Gasteiger partial charge in [0.25, 0.3) is 10.0 Å². The maximum absolute atomic E-state index is 13.4. The number of fused-ring (bicyclic) bond motifs is 1. The quantitative estimate of drug-likeness (QED) is 0.740. The van der Waals surface area contributed by atoms with Crippen LogP contribution in [-0.2, 0) is 16.6 Å². The maximum atomic E-state index is 13.4. The lowest BCUT2D eigenvalue weighted by atomic mass is 10.3. The fraction of sp³-hybridized carbons (Fsp3) is 0.188. The summed E-state index contributed by atoms with van der Waals surface area (Å²) in [5.41, 5.74) is 0.585. The predicted molar refractivity (Wildman–Crippen MR) is 92.2 cm³/mol. The van der Waals surface area contributed by atoms with Crippen molar-refractivity contribution in [2.45, 2.75) is 24.8 Å². The highest BCUT2D eigenvalue weighted by Crippen LogP contribution is 2.29. The van der Waals surface area contributed by atoms with E-state index >= 15 is 0 Å². The van der Waals surface area contributed by atoms with Gasteiger partial charge in [-0.25, -0.2) is 17.8 Å². The van der Waals surface area contributed by atoms with Gasteiger partial charge < -0.3 is 4.57 Å². The number of hydrogen-bond acceptors (Lipinski definition) is 3. The molecule has 0 unspecified atom stereocenters. The lowest BCUT2D eigenvalue weighted by molar-refractivity contribution is 0.600. The van der Waals surface area contributed by atoms with E-state index in [4.69, 9.17) is 11.6 Å². The van der Waals surface area contributed by atoms with Gasteiger partial charge in [0.2, 0.25) is 0 Å². The Kier molecular flexibility index (Phi) is 4.47. The van der Waals surface area contributed by atoms with Gasteiger partial charge in [-0.15, -0.1) is 0 Å². The molecule has 8 heteroatoms. The average Bonchev–Trinajstić information content (AvgIpc) is 2.91. The molecule has 0 radical (unpaired) electrons. The van der Waals surface area contributed by atoms with Crippen molar-refractivity contribution < 1.29 is 12.8 Å². The molecule has 0 aliphatic heterocycles. The Morgan fingerprint density at radius 1 is 1.33 bits per heavy atom. The zero-order chi connectivity index (χ0) is 17.3. The molecule has 0 aliphatic carbocycles. The van der Waals surface area contributed by atoms with E-state index < -0.39 is 15.8 Å². The minimum Gasteiger partial charge on any atom is -0.331 e. The summed E-state index contributed by atoms with van der Waals surface area (Å²) < 4.78 is 43.0. The number of nitrogens with one attached hydrogen (secondary N) is 1. The number of aromatic nitrogens is 2. The number of rotatable bonds is 5. The van der Waals surface area contributed by atoms with Crippen LogP contribution >= 0.6 is 11.6 Å². The van der Waals surface area contributed by atoms with Gasteiger partial charge in [0, 0.05) is 24.3 Å². The van der Waals surface area contributed by atoms with Crippen molar-refractivity contribution in [2.75, 3.05) is 4.72 Å². The van der Waals surface area contributed by atoms with Crippen LogP contribution in [0.25, 0.3) is 11.0 Å². The number of aryl methyl sites for hydroxylation is 1. The summed E-state index contributed by atoms with van der Waals surface area (Å²) in [6, 6.07) is 6.88. The molecule has 0 spiro atoms. The van der Waals surface area contributed by atoms with Crippen LogP contribution in [0.3, 0.4) is 0 Å². The molecule has 1 aromatic carbocycles. The summed E-state index contributed by atoms with van der Waals surface area (Å²) in [4.78, 5) is 4.34. The molecule has 3 rings (SSSR count). The van der Waals surface area contributed by atoms with E-state index in [0.29, 0.717) is 17.6 Å². The molecule has 0 amide bonds. The molecule has 0 aliphatic rings. The molecular weight excluding hydrogens is 353 g/mol. The van der Waals surface area contributed by atoms with Crippen LogP contribution in [0.4, 0.5) is 10.1 Å². The molecule has 0 bridgehead atoms. The molecule has 126 valence electrons. The highest BCUT2D eigenvalue weighted by Gasteiger charge is 2.22. The zero-order valence-corrected chi connectivity index (χ0v) is 14.4. The Morgan fingerprint density at radius 3 is 2.88 bits per heavy atom. The first-order valence-corrected chi connectivity index (χ1v) is 9.20. The normalized spacial score (nSPS) is 11.8. The summed E-state index contributed by atoms with van der Waals surface area (Å²) in [6.07, 6.45) is 3.99. The molecular formula is C16H15ClFN3O2S. The third-order valence-electron chi connectivity index (χ3n) is 3.52. The molecule has 2 aromatic heterocycles. The van der Waals surface area contributed by atoms with Crippen LogP contribution in [0.15, 0.2) is 47.6 Å². The van der Waals surface area contributed by atoms with Crippen LogP contribution in [-0.4, -0.2) is 18.0 Å². The van der Waals surface area contributed by atoms with E-state index in [9.17, 15) is 12.8 Å². The number of hydrogen-bond donors (Lipinski definition) is 1. The SMILES string of the molecule is CCCn1cc(S(=O)(=O)Nc2cc(F)ccc2Cl)c2cccnc21. The van der Waals surface area contributed by atoms with Crippen molar-refractivity contribution >= 4 is 38.3 Å². The minimum absolute atomic E-state index is 0.00283. The molecule has 0 saturated carbocycles. The molecule has 2 heterocycles. The molecule has 24 heavy (non-hydrogen) atoms. The fourth-order valence-electron chi connectivity index (χ4n) is 2.49. The first-order valence-electron chi connectivity index (χ1n) is 7.34. The smallest absolute Gasteiger partial charge is 0.264 e. The molecule has 0 fully saturated rings. The zero-order valence-electron chi connectivity index (χ0n) is 12.8. The van der Waals surface area contributed by atoms with E-state index in [1.54, 1.807) is 22.9 Å². The molecule has 0 atom stereocenters. The van der Waals surface area contributed by atoms with Crippen LogP contribution in [0.2, 0.25) is 5.02 Å². The fourth-order valence-corrected chi connectivity index (χ4v) is 4.00. The van der Waals surface area contributed by atoms with Crippen LogP contribution in [0.5, 0.6) is 0 Å². The van der Waals surface area contributed by atoms with E-state index in [0.717, 1.165) is 18.6 Å². The topological polar surface area (TPSA) is 64.0 Å². The molecule has 5 nitrogen and oxygen atoms in total. The van der Waals surface area contributed by atoms with Crippen LogP contribution < -0.4 is 4.72 Å². The van der Waals surface area contributed by atoms with E-state index in [2.05, 4.69) is 9.71 Å². The summed E-state index contributed by atoms with van der Waals surface area (Å²) in [5, 5.41) is 0.626. The van der Waals surface area contributed by atoms with Crippen molar-refractivity contribution in [3.63, 3.8) is 0 Å². The Bertz CT molecular complexity index is 1000. The highest BCUT2D eigenvalue weighted by molar-refractivity contribution is 7.93. The second kappa shape index (κ2) is 6.41. The first kappa shape index (κ1) is 16.7. The minimum atomic E-state index is -3.94. The van der Waals surface area contributed by atoms with Crippen molar-refractivity contribution in [3.05, 3.63) is 53.6 Å². The van der Waals surface area contributed by atoms with E-state index in [-0.39, 0.29) is 15.6 Å². The average molecular weight is 368 g/mol. The predicted octanol–water partition coefficient (Wildman–Crippen LogP) is 4.04. The van der Waals surface area contributed by atoms with Crippen LogP contribution in [0.1, 0.15) is 13.3 Å². The Balaban J connectivity index is 2.10. The third-order valence-corrected chi connectivity index (χ3v) is 5.25.